The molecule has 0 saturated heterocycles. The van der Waals surface area contributed by atoms with Crippen molar-refractivity contribution >= 4 is 11.6 Å². The molecule has 2 heteroatoms. The van der Waals surface area contributed by atoms with E-state index in [-0.39, 0.29) is 5.54 Å². The van der Waals surface area contributed by atoms with Crippen LogP contribution in [-0.2, 0) is 18.5 Å². The Morgan fingerprint density at radius 3 is 2.32 bits per heavy atom. The van der Waals surface area contributed by atoms with E-state index < -0.39 is 0 Å². The van der Waals surface area contributed by atoms with E-state index in [2.05, 4.69) is 78.6 Å². The van der Waals surface area contributed by atoms with E-state index in [9.17, 15) is 0 Å². The molecule has 25 heavy (non-hydrogen) atoms. The molecule has 0 amide bonds. The second kappa shape index (κ2) is 6.67. The quantitative estimate of drug-likeness (QED) is 0.590. The molecule has 0 bridgehead atoms. The van der Waals surface area contributed by atoms with Crippen LogP contribution in [-0.4, -0.2) is 11.4 Å². The van der Waals surface area contributed by atoms with Crippen LogP contribution in [0.4, 0.5) is 0 Å². The Kier molecular flexibility index (Phi) is 4.37. The van der Waals surface area contributed by atoms with Gasteiger partial charge in [0.15, 0.2) is 0 Å². The normalized spacial score (nSPS) is 20.2. The smallest absolute Gasteiger partial charge is 0.0692 e. The fraction of sp³-hybridized carbons (Fsp3) is 0.217. The van der Waals surface area contributed by atoms with E-state index >= 15 is 0 Å². The maximum atomic E-state index is 6.15. The zero-order chi connectivity index (χ0) is 17.3. The summed E-state index contributed by atoms with van der Waals surface area (Å²) in [6.07, 6.45) is 1.09. The van der Waals surface area contributed by atoms with E-state index in [0.29, 0.717) is 0 Å². The van der Waals surface area contributed by atoms with Gasteiger partial charge in [-0.05, 0) is 47.7 Å². The highest BCUT2D eigenvalue weighted by Gasteiger charge is 2.39. The Labute approximate surface area is 154 Å². The SMILES string of the molecule is CC1(c2ccc(Cl)cc2)c2ccccc2CCN1Cc1ccccc1. The molecule has 1 aliphatic rings. The summed E-state index contributed by atoms with van der Waals surface area (Å²) < 4.78 is 0. The van der Waals surface area contributed by atoms with Crippen molar-refractivity contribution in [3.8, 4) is 0 Å². The lowest BCUT2D eigenvalue weighted by molar-refractivity contribution is 0.117. The van der Waals surface area contributed by atoms with Crippen LogP contribution in [0.25, 0.3) is 0 Å². The fourth-order valence-electron chi connectivity index (χ4n) is 4.02. The van der Waals surface area contributed by atoms with Gasteiger partial charge in [-0.3, -0.25) is 4.90 Å². The molecule has 3 aromatic carbocycles. The zero-order valence-electron chi connectivity index (χ0n) is 14.5. The van der Waals surface area contributed by atoms with Crippen LogP contribution in [0.5, 0.6) is 0 Å². The first-order chi connectivity index (χ1) is 12.2. The summed E-state index contributed by atoms with van der Waals surface area (Å²) >= 11 is 6.15. The number of hydrogen-bond donors (Lipinski definition) is 0. The van der Waals surface area contributed by atoms with Crippen LogP contribution < -0.4 is 0 Å². The second-order valence-corrected chi connectivity index (χ2v) is 7.33. The minimum atomic E-state index is -0.157. The lowest BCUT2D eigenvalue weighted by Gasteiger charge is -2.47. The number of halogens is 1. The van der Waals surface area contributed by atoms with Gasteiger partial charge in [0.25, 0.3) is 0 Å². The van der Waals surface area contributed by atoms with E-state index in [0.717, 1.165) is 24.5 Å². The number of rotatable bonds is 3. The first kappa shape index (κ1) is 16.4. The van der Waals surface area contributed by atoms with Gasteiger partial charge in [0.2, 0.25) is 0 Å². The Hall–Kier alpha value is -2.09. The van der Waals surface area contributed by atoms with E-state index in [4.69, 9.17) is 11.6 Å². The fourth-order valence-corrected chi connectivity index (χ4v) is 4.14. The van der Waals surface area contributed by atoms with Crippen LogP contribution in [0.2, 0.25) is 5.02 Å². The third-order valence-corrected chi connectivity index (χ3v) is 5.70. The number of fused-ring (bicyclic) bond motifs is 1. The molecule has 1 atom stereocenters. The molecule has 1 unspecified atom stereocenters. The Bertz CT molecular complexity index is 857. The maximum Gasteiger partial charge on any atom is 0.0692 e. The first-order valence-corrected chi connectivity index (χ1v) is 9.19. The van der Waals surface area contributed by atoms with Gasteiger partial charge >= 0.3 is 0 Å². The molecule has 0 radical (unpaired) electrons. The van der Waals surface area contributed by atoms with Crippen LogP contribution in [0.1, 0.15) is 29.2 Å². The number of hydrogen-bond acceptors (Lipinski definition) is 1. The average molecular weight is 348 g/mol. The highest BCUT2D eigenvalue weighted by molar-refractivity contribution is 6.30. The summed E-state index contributed by atoms with van der Waals surface area (Å²) in [5.41, 5.74) is 5.33. The maximum absolute atomic E-state index is 6.15. The first-order valence-electron chi connectivity index (χ1n) is 8.81. The van der Waals surface area contributed by atoms with Gasteiger partial charge in [0, 0.05) is 18.1 Å². The van der Waals surface area contributed by atoms with Gasteiger partial charge in [-0.1, -0.05) is 78.3 Å². The van der Waals surface area contributed by atoms with Gasteiger partial charge < -0.3 is 0 Å². The van der Waals surface area contributed by atoms with Crippen molar-refractivity contribution in [1.29, 1.82) is 0 Å². The van der Waals surface area contributed by atoms with Gasteiger partial charge in [0.1, 0.15) is 0 Å². The van der Waals surface area contributed by atoms with E-state index in [1.807, 2.05) is 12.1 Å². The number of nitrogens with zero attached hydrogens (tertiary/aromatic N) is 1. The summed E-state index contributed by atoms with van der Waals surface area (Å²) in [7, 11) is 0. The van der Waals surface area contributed by atoms with Crippen molar-refractivity contribution in [2.24, 2.45) is 0 Å². The molecule has 4 rings (SSSR count). The highest BCUT2D eigenvalue weighted by atomic mass is 35.5. The molecule has 1 nitrogen and oxygen atoms in total. The highest BCUT2D eigenvalue weighted by Crippen LogP contribution is 2.41. The molecular formula is C23H22ClN. The van der Waals surface area contributed by atoms with Gasteiger partial charge in [-0.25, -0.2) is 0 Å². The van der Waals surface area contributed by atoms with Gasteiger partial charge in [-0.15, -0.1) is 0 Å². The minimum Gasteiger partial charge on any atom is -0.285 e. The predicted octanol–water partition coefficient (Wildman–Crippen LogP) is 5.66. The Balaban J connectivity index is 1.82. The molecular weight excluding hydrogens is 326 g/mol. The van der Waals surface area contributed by atoms with Crippen LogP contribution in [0.3, 0.4) is 0 Å². The van der Waals surface area contributed by atoms with Crippen LogP contribution in [0.15, 0.2) is 78.9 Å². The largest absolute Gasteiger partial charge is 0.285 e. The minimum absolute atomic E-state index is 0.157. The molecule has 0 aromatic heterocycles. The van der Waals surface area contributed by atoms with Crippen molar-refractivity contribution in [3.63, 3.8) is 0 Å². The van der Waals surface area contributed by atoms with Crippen molar-refractivity contribution in [3.05, 3.63) is 106 Å². The van der Waals surface area contributed by atoms with Crippen molar-refractivity contribution < 1.29 is 0 Å². The topological polar surface area (TPSA) is 3.24 Å². The summed E-state index contributed by atoms with van der Waals surface area (Å²) in [6.45, 7) is 4.33. The predicted molar refractivity (Wildman–Crippen MR) is 105 cm³/mol. The summed E-state index contributed by atoms with van der Waals surface area (Å²) in [5.74, 6) is 0. The summed E-state index contributed by atoms with van der Waals surface area (Å²) in [6, 6.07) is 27.9. The molecule has 1 heterocycles. The molecule has 126 valence electrons. The lowest BCUT2D eigenvalue weighted by atomic mass is 9.77. The summed E-state index contributed by atoms with van der Waals surface area (Å²) in [5, 5.41) is 0.783. The second-order valence-electron chi connectivity index (χ2n) is 6.89. The lowest BCUT2D eigenvalue weighted by Crippen LogP contribution is -2.48. The van der Waals surface area contributed by atoms with Gasteiger partial charge in [0.05, 0.1) is 5.54 Å². The van der Waals surface area contributed by atoms with Crippen LogP contribution in [0, 0.1) is 0 Å². The third kappa shape index (κ3) is 2.99. The van der Waals surface area contributed by atoms with Crippen LogP contribution >= 0.6 is 11.6 Å². The third-order valence-electron chi connectivity index (χ3n) is 5.45. The summed E-state index contributed by atoms with van der Waals surface area (Å²) in [4.78, 5) is 2.59. The Morgan fingerprint density at radius 2 is 1.56 bits per heavy atom. The molecule has 0 aliphatic carbocycles. The van der Waals surface area contributed by atoms with Crippen molar-refractivity contribution in [2.45, 2.75) is 25.4 Å². The standard InChI is InChI=1S/C23H22ClN/c1-23(20-11-13-21(24)14-12-20)22-10-6-5-9-19(22)15-16-25(23)17-18-7-3-2-4-8-18/h2-14H,15-17H2,1H3. The molecule has 0 spiro atoms. The molecule has 1 aliphatic heterocycles. The van der Waals surface area contributed by atoms with E-state index in [1.54, 1.807) is 0 Å². The van der Waals surface area contributed by atoms with Gasteiger partial charge in [-0.2, -0.15) is 0 Å². The molecule has 0 N–H and O–H groups in total. The zero-order valence-corrected chi connectivity index (χ0v) is 15.2. The molecule has 0 fully saturated rings. The molecule has 3 aromatic rings. The van der Waals surface area contributed by atoms with Crippen molar-refractivity contribution in [2.75, 3.05) is 6.54 Å². The van der Waals surface area contributed by atoms with Crippen molar-refractivity contribution in [1.82, 2.24) is 4.90 Å². The monoisotopic (exact) mass is 347 g/mol. The van der Waals surface area contributed by atoms with E-state index in [1.165, 1.54) is 22.3 Å². The Morgan fingerprint density at radius 1 is 0.880 bits per heavy atom. The number of benzene rings is 3. The molecule has 0 saturated carbocycles. The average Bonchev–Trinajstić information content (AvgIpc) is 2.66.